The molecule has 2 heterocycles. The lowest BCUT2D eigenvalue weighted by atomic mass is 10.1. The highest BCUT2D eigenvalue weighted by Gasteiger charge is 2.15. The van der Waals surface area contributed by atoms with Crippen molar-refractivity contribution in [1.29, 1.82) is 0 Å². The molecule has 1 aromatic heterocycles. The first-order valence-electron chi connectivity index (χ1n) is 6.69. The molecule has 1 atom stereocenters. The zero-order valence-electron chi connectivity index (χ0n) is 11.0. The van der Waals surface area contributed by atoms with Crippen molar-refractivity contribution in [2.75, 3.05) is 19.7 Å². The fourth-order valence-electron chi connectivity index (χ4n) is 2.54. The van der Waals surface area contributed by atoms with Crippen molar-refractivity contribution in [2.24, 2.45) is 5.92 Å². The van der Waals surface area contributed by atoms with Gasteiger partial charge >= 0.3 is 0 Å². The monoisotopic (exact) mass is 258 g/mol. The molecule has 0 radical (unpaired) electrons. The summed E-state index contributed by atoms with van der Waals surface area (Å²) in [5.41, 5.74) is 0.960. The number of nitrogens with one attached hydrogen (secondary N) is 2. The van der Waals surface area contributed by atoms with Gasteiger partial charge in [-0.1, -0.05) is 0 Å². The molecular weight excluding hydrogens is 240 g/mol. The fraction of sp³-hybridized carbons (Fsp3) is 0.400. The number of benzene rings is 1. The maximum atomic E-state index is 11.7. The van der Waals surface area contributed by atoms with Crippen LogP contribution in [0.5, 0.6) is 5.75 Å². The Hall–Kier alpha value is -1.81. The molecule has 3 rings (SSSR count). The Labute approximate surface area is 111 Å². The molecule has 0 unspecified atom stereocenters. The van der Waals surface area contributed by atoms with Gasteiger partial charge in [0, 0.05) is 24.0 Å². The molecule has 1 aliphatic rings. The molecule has 4 nitrogen and oxygen atoms in total. The molecule has 2 aromatic rings. The fourth-order valence-corrected chi connectivity index (χ4v) is 2.54. The third-order valence-corrected chi connectivity index (χ3v) is 3.71. The Kier molecular flexibility index (Phi) is 3.25. The summed E-state index contributed by atoms with van der Waals surface area (Å²) in [6, 6.07) is 5.76. The van der Waals surface area contributed by atoms with Crippen LogP contribution in [0.25, 0.3) is 10.8 Å². The van der Waals surface area contributed by atoms with E-state index in [1.807, 2.05) is 25.1 Å². The summed E-state index contributed by atoms with van der Waals surface area (Å²) in [4.78, 5) is 14.4. The van der Waals surface area contributed by atoms with Crippen LogP contribution in [-0.4, -0.2) is 24.7 Å². The van der Waals surface area contributed by atoms with E-state index in [1.54, 1.807) is 6.20 Å². The van der Waals surface area contributed by atoms with Gasteiger partial charge < -0.3 is 15.0 Å². The number of H-pyrrole nitrogens is 1. The van der Waals surface area contributed by atoms with E-state index < -0.39 is 0 Å². The van der Waals surface area contributed by atoms with Crippen LogP contribution in [0.2, 0.25) is 0 Å². The molecule has 0 spiro atoms. The molecule has 100 valence electrons. The van der Waals surface area contributed by atoms with Crippen molar-refractivity contribution in [3.05, 3.63) is 40.3 Å². The number of fused-ring (bicyclic) bond motifs is 1. The lowest BCUT2D eigenvalue weighted by Gasteiger charge is -2.13. The van der Waals surface area contributed by atoms with Crippen LogP contribution < -0.4 is 15.6 Å². The van der Waals surface area contributed by atoms with Gasteiger partial charge in [0.2, 0.25) is 0 Å². The van der Waals surface area contributed by atoms with Crippen LogP contribution in [-0.2, 0) is 0 Å². The summed E-state index contributed by atoms with van der Waals surface area (Å²) in [5.74, 6) is 1.47. The van der Waals surface area contributed by atoms with Crippen LogP contribution in [0.3, 0.4) is 0 Å². The first kappa shape index (κ1) is 12.2. The molecule has 1 saturated heterocycles. The standard InChI is InChI=1S/C15H18N2O2/c1-10-6-13-12(3-5-17-15(13)18)7-14(10)19-9-11-2-4-16-8-11/h3,5-7,11,16H,2,4,8-9H2,1H3,(H,17,18)/t11-/m1/s1. The van der Waals surface area contributed by atoms with E-state index >= 15 is 0 Å². The van der Waals surface area contributed by atoms with Gasteiger partial charge in [-0.3, -0.25) is 4.79 Å². The normalized spacial score (nSPS) is 18.9. The minimum Gasteiger partial charge on any atom is -0.493 e. The summed E-state index contributed by atoms with van der Waals surface area (Å²) < 4.78 is 5.92. The van der Waals surface area contributed by atoms with Crippen LogP contribution in [0, 0.1) is 12.8 Å². The van der Waals surface area contributed by atoms with Crippen molar-refractivity contribution in [2.45, 2.75) is 13.3 Å². The first-order chi connectivity index (χ1) is 9.24. The maximum Gasteiger partial charge on any atom is 0.255 e. The van der Waals surface area contributed by atoms with Gasteiger partial charge in [-0.25, -0.2) is 0 Å². The predicted octanol–water partition coefficient (Wildman–Crippen LogP) is 1.82. The van der Waals surface area contributed by atoms with Crippen molar-refractivity contribution in [3.8, 4) is 5.75 Å². The van der Waals surface area contributed by atoms with Gasteiger partial charge in [-0.2, -0.15) is 0 Å². The van der Waals surface area contributed by atoms with E-state index in [2.05, 4.69) is 10.3 Å². The number of hydrogen-bond acceptors (Lipinski definition) is 3. The third kappa shape index (κ3) is 2.49. The van der Waals surface area contributed by atoms with Crippen LogP contribution in [0.4, 0.5) is 0 Å². The third-order valence-electron chi connectivity index (χ3n) is 3.71. The van der Waals surface area contributed by atoms with E-state index in [4.69, 9.17) is 4.74 Å². The molecular formula is C15H18N2O2. The first-order valence-corrected chi connectivity index (χ1v) is 6.69. The Morgan fingerprint density at radius 2 is 2.32 bits per heavy atom. The number of aromatic nitrogens is 1. The van der Waals surface area contributed by atoms with Gasteiger partial charge in [0.05, 0.1) is 6.61 Å². The Morgan fingerprint density at radius 3 is 3.11 bits per heavy atom. The molecule has 1 aromatic carbocycles. The SMILES string of the molecule is Cc1cc2c(=O)[nH]ccc2cc1OC[C@@H]1CCNC1. The largest absolute Gasteiger partial charge is 0.493 e. The summed E-state index contributed by atoms with van der Waals surface area (Å²) in [6.07, 6.45) is 2.84. The molecule has 1 aliphatic heterocycles. The molecule has 0 bridgehead atoms. The number of aryl methyl sites for hydroxylation is 1. The smallest absolute Gasteiger partial charge is 0.255 e. The second kappa shape index (κ2) is 5.05. The molecule has 0 saturated carbocycles. The average molecular weight is 258 g/mol. The van der Waals surface area contributed by atoms with Crippen LogP contribution in [0.15, 0.2) is 29.2 Å². The van der Waals surface area contributed by atoms with E-state index in [1.165, 1.54) is 6.42 Å². The lowest BCUT2D eigenvalue weighted by molar-refractivity contribution is 0.259. The topological polar surface area (TPSA) is 54.1 Å². The van der Waals surface area contributed by atoms with Gasteiger partial charge in [0.1, 0.15) is 5.75 Å². The highest BCUT2D eigenvalue weighted by atomic mass is 16.5. The average Bonchev–Trinajstić information content (AvgIpc) is 2.91. The van der Waals surface area contributed by atoms with Crippen molar-refractivity contribution in [3.63, 3.8) is 0 Å². The van der Waals surface area contributed by atoms with E-state index in [9.17, 15) is 4.79 Å². The van der Waals surface area contributed by atoms with Crippen molar-refractivity contribution in [1.82, 2.24) is 10.3 Å². The minimum absolute atomic E-state index is 0.0489. The summed E-state index contributed by atoms with van der Waals surface area (Å²) >= 11 is 0. The van der Waals surface area contributed by atoms with Gasteiger partial charge in [0.15, 0.2) is 0 Å². The Bertz CT molecular complexity index is 642. The summed E-state index contributed by atoms with van der Waals surface area (Å²) in [5, 5.41) is 4.98. The number of rotatable bonds is 3. The quantitative estimate of drug-likeness (QED) is 0.883. The Balaban J connectivity index is 1.86. The highest BCUT2D eigenvalue weighted by Crippen LogP contribution is 2.24. The number of aromatic amines is 1. The molecule has 4 heteroatoms. The van der Waals surface area contributed by atoms with Crippen molar-refractivity contribution < 1.29 is 4.74 Å². The predicted molar refractivity (Wildman–Crippen MR) is 75.8 cm³/mol. The number of hydrogen-bond donors (Lipinski definition) is 2. The molecule has 0 aliphatic carbocycles. The summed E-state index contributed by atoms with van der Waals surface area (Å²) in [7, 11) is 0. The molecule has 0 amide bonds. The van der Waals surface area contributed by atoms with E-state index in [-0.39, 0.29) is 5.56 Å². The minimum atomic E-state index is -0.0489. The zero-order valence-corrected chi connectivity index (χ0v) is 11.0. The second-order valence-corrected chi connectivity index (χ2v) is 5.18. The van der Waals surface area contributed by atoms with Gasteiger partial charge in [-0.15, -0.1) is 0 Å². The molecule has 1 fully saturated rings. The molecule has 2 N–H and O–H groups in total. The number of ether oxygens (including phenoxy) is 1. The van der Waals surface area contributed by atoms with Gasteiger partial charge in [-0.05, 0) is 49.0 Å². The summed E-state index contributed by atoms with van der Waals surface area (Å²) in [6.45, 7) is 4.84. The Morgan fingerprint density at radius 1 is 1.42 bits per heavy atom. The maximum absolute atomic E-state index is 11.7. The zero-order chi connectivity index (χ0) is 13.2. The highest BCUT2D eigenvalue weighted by molar-refractivity contribution is 5.83. The molecule has 19 heavy (non-hydrogen) atoms. The number of pyridine rings is 1. The van der Waals surface area contributed by atoms with E-state index in [0.717, 1.165) is 41.8 Å². The van der Waals surface area contributed by atoms with Gasteiger partial charge in [0.25, 0.3) is 5.56 Å². The van der Waals surface area contributed by atoms with Crippen molar-refractivity contribution >= 4 is 10.8 Å². The van der Waals surface area contributed by atoms with Crippen LogP contribution >= 0.6 is 0 Å². The van der Waals surface area contributed by atoms with Crippen LogP contribution in [0.1, 0.15) is 12.0 Å². The second-order valence-electron chi connectivity index (χ2n) is 5.18. The van der Waals surface area contributed by atoms with E-state index in [0.29, 0.717) is 5.92 Å². The lowest BCUT2D eigenvalue weighted by Crippen LogP contribution is -2.16.